The Kier molecular flexibility index (Phi) is 5.11. The number of halogens is 4. The molecule has 4 aromatic rings. The Bertz CT molecular complexity index is 1180. The summed E-state index contributed by atoms with van der Waals surface area (Å²) in [5, 5.41) is 2.18. The lowest BCUT2D eigenvalue weighted by Gasteiger charge is -1.99. The second-order valence-corrected chi connectivity index (χ2v) is 7.41. The van der Waals surface area contributed by atoms with Crippen molar-refractivity contribution in [2.45, 2.75) is 0 Å². The highest BCUT2D eigenvalue weighted by molar-refractivity contribution is 6.36. The van der Waals surface area contributed by atoms with E-state index in [9.17, 15) is 0 Å². The van der Waals surface area contributed by atoms with E-state index >= 15 is 0 Å². The van der Waals surface area contributed by atoms with Gasteiger partial charge in [0.15, 0.2) is 5.58 Å². The van der Waals surface area contributed by atoms with Crippen LogP contribution in [0, 0.1) is 0 Å². The molecule has 0 aliphatic rings. The van der Waals surface area contributed by atoms with Crippen LogP contribution in [-0.2, 0) is 0 Å². The lowest BCUT2D eigenvalue weighted by atomic mass is 10.2. The predicted octanol–water partition coefficient (Wildman–Crippen LogP) is 7.86. The van der Waals surface area contributed by atoms with Crippen LogP contribution in [0.3, 0.4) is 0 Å². The van der Waals surface area contributed by atoms with Crippen LogP contribution in [0.25, 0.3) is 22.6 Å². The van der Waals surface area contributed by atoms with Gasteiger partial charge in [0.25, 0.3) is 0 Å². The number of aliphatic imine (C=N–C) groups is 1. The molecule has 134 valence electrons. The van der Waals surface area contributed by atoms with Gasteiger partial charge in [0, 0.05) is 21.8 Å². The topological polar surface area (TPSA) is 38.4 Å². The van der Waals surface area contributed by atoms with Gasteiger partial charge in [-0.05, 0) is 48.5 Å². The van der Waals surface area contributed by atoms with Crippen molar-refractivity contribution < 1.29 is 4.42 Å². The molecule has 0 atom stereocenters. The Balaban J connectivity index is 1.68. The van der Waals surface area contributed by atoms with Gasteiger partial charge in [-0.2, -0.15) is 0 Å². The van der Waals surface area contributed by atoms with Crippen LogP contribution in [0.2, 0.25) is 20.1 Å². The third-order valence-corrected chi connectivity index (χ3v) is 4.97. The van der Waals surface area contributed by atoms with Crippen molar-refractivity contribution in [2.24, 2.45) is 4.99 Å². The molecule has 27 heavy (non-hydrogen) atoms. The molecular formula is C20H10Cl4N2O. The van der Waals surface area contributed by atoms with Gasteiger partial charge in [-0.3, -0.25) is 4.99 Å². The van der Waals surface area contributed by atoms with E-state index in [2.05, 4.69) is 9.98 Å². The highest BCUT2D eigenvalue weighted by Gasteiger charge is 2.12. The number of hydrogen-bond acceptors (Lipinski definition) is 3. The first-order valence-corrected chi connectivity index (χ1v) is 9.36. The van der Waals surface area contributed by atoms with E-state index < -0.39 is 0 Å². The second kappa shape index (κ2) is 7.53. The molecule has 0 aliphatic carbocycles. The number of rotatable bonds is 3. The third kappa shape index (κ3) is 3.97. The highest BCUT2D eigenvalue weighted by Crippen LogP contribution is 2.33. The summed E-state index contributed by atoms with van der Waals surface area (Å²) in [7, 11) is 0. The number of oxazole rings is 1. The van der Waals surface area contributed by atoms with Crippen LogP contribution in [0.15, 0.2) is 64.0 Å². The van der Waals surface area contributed by atoms with Crippen molar-refractivity contribution in [3.8, 4) is 11.5 Å². The summed E-state index contributed by atoms with van der Waals surface area (Å²) in [6.07, 6.45) is 1.68. The van der Waals surface area contributed by atoms with E-state index in [-0.39, 0.29) is 0 Å². The van der Waals surface area contributed by atoms with Crippen LogP contribution in [0.1, 0.15) is 5.56 Å². The minimum atomic E-state index is 0.402. The maximum atomic E-state index is 6.23. The average Bonchev–Trinajstić information content (AvgIpc) is 3.06. The Hall–Kier alpha value is -2.04. The Morgan fingerprint density at radius 1 is 0.815 bits per heavy atom. The summed E-state index contributed by atoms with van der Waals surface area (Å²) in [6.45, 7) is 0. The molecule has 3 aromatic carbocycles. The minimum Gasteiger partial charge on any atom is -0.436 e. The summed E-state index contributed by atoms with van der Waals surface area (Å²) in [4.78, 5) is 8.95. The Labute approximate surface area is 175 Å². The molecule has 0 radical (unpaired) electrons. The predicted molar refractivity (Wildman–Crippen MR) is 113 cm³/mol. The Morgan fingerprint density at radius 3 is 2.41 bits per heavy atom. The van der Waals surface area contributed by atoms with E-state index in [4.69, 9.17) is 50.8 Å². The summed E-state index contributed by atoms with van der Waals surface area (Å²) < 4.78 is 5.80. The van der Waals surface area contributed by atoms with Crippen LogP contribution in [-0.4, -0.2) is 11.2 Å². The Morgan fingerprint density at radius 2 is 1.59 bits per heavy atom. The van der Waals surface area contributed by atoms with Gasteiger partial charge in [0.05, 0.1) is 21.3 Å². The lowest BCUT2D eigenvalue weighted by molar-refractivity contribution is 0.620. The van der Waals surface area contributed by atoms with Crippen LogP contribution >= 0.6 is 46.4 Å². The molecule has 1 heterocycles. The largest absolute Gasteiger partial charge is 0.436 e. The first-order chi connectivity index (χ1) is 13.0. The van der Waals surface area contributed by atoms with Crippen LogP contribution in [0.4, 0.5) is 5.69 Å². The zero-order valence-corrected chi connectivity index (χ0v) is 16.6. The fraction of sp³-hybridized carbons (Fsp3) is 0. The average molecular weight is 436 g/mol. The highest BCUT2D eigenvalue weighted by atomic mass is 35.5. The molecule has 3 nitrogen and oxygen atoms in total. The normalized spacial score (nSPS) is 11.6. The molecule has 0 bridgehead atoms. The lowest BCUT2D eigenvalue weighted by Crippen LogP contribution is -1.82. The number of nitrogens with zero attached hydrogens (tertiary/aromatic N) is 2. The first kappa shape index (κ1) is 18.3. The minimum absolute atomic E-state index is 0.402. The number of aromatic nitrogens is 1. The molecule has 0 saturated heterocycles. The van der Waals surface area contributed by atoms with Gasteiger partial charge in [-0.15, -0.1) is 0 Å². The molecule has 0 N–H and O–H groups in total. The molecule has 0 amide bonds. The summed E-state index contributed by atoms with van der Waals surface area (Å²) in [5.74, 6) is 0.402. The second-order valence-electron chi connectivity index (χ2n) is 5.72. The third-order valence-electron chi connectivity index (χ3n) is 3.85. The van der Waals surface area contributed by atoms with Crippen molar-refractivity contribution in [3.05, 3.63) is 80.3 Å². The quantitative estimate of drug-likeness (QED) is 0.307. The summed E-state index contributed by atoms with van der Waals surface area (Å²) >= 11 is 24.3. The molecule has 4 rings (SSSR count). The van der Waals surface area contributed by atoms with Crippen molar-refractivity contribution in [2.75, 3.05) is 0 Å². The van der Waals surface area contributed by atoms with E-state index in [0.717, 1.165) is 5.56 Å². The van der Waals surface area contributed by atoms with Crippen molar-refractivity contribution in [1.82, 2.24) is 4.98 Å². The zero-order valence-electron chi connectivity index (χ0n) is 13.6. The van der Waals surface area contributed by atoms with Gasteiger partial charge in [0.1, 0.15) is 5.52 Å². The van der Waals surface area contributed by atoms with Crippen molar-refractivity contribution in [1.29, 1.82) is 0 Å². The fourth-order valence-electron chi connectivity index (χ4n) is 2.52. The van der Waals surface area contributed by atoms with E-state index in [0.29, 0.717) is 48.3 Å². The fourth-order valence-corrected chi connectivity index (χ4v) is 3.35. The number of fused-ring (bicyclic) bond motifs is 1. The number of benzene rings is 3. The summed E-state index contributed by atoms with van der Waals surface area (Å²) in [5.41, 5.74) is 3.42. The summed E-state index contributed by atoms with van der Waals surface area (Å²) in [6, 6.07) is 15.8. The molecule has 0 spiro atoms. The molecule has 7 heteroatoms. The molecule has 0 saturated carbocycles. The number of hydrogen-bond donors (Lipinski definition) is 0. The first-order valence-electron chi connectivity index (χ1n) is 7.85. The monoisotopic (exact) mass is 434 g/mol. The van der Waals surface area contributed by atoms with Gasteiger partial charge < -0.3 is 4.42 Å². The molecular weight excluding hydrogens is 426 g/mol. The van der Waals surface area contributed by atoms with E-state index in [1.165, 1.54) is 0 Å². The van der Waals surface area contributed by atoms with E-state index in [1.807, 2.05) is 18.2 Å². The molecule has 0 aliphatic heterocycles. The van der Waals surface area contributed by atoms with Crippen molar-refractivity contribution in [3.63, 3.8) is 0 Å². The molecule has 0 fully saturated rings. The van der Waals surface area contributed by atoms with Crippen molar-refractivity contribution >= 4 is 69.4 Å². The maximum Gasteiger partial charge on any atom is 0.228 e. The van der Waals surface area contributed by atoms with Gasteiger partial charge in [0.2, 0.25) is 5.89 Å². The van der Waals surface area contributed by atoms with Crippen LogP contribution < -0.4 is 0 Å². The maximum absolute atomic E-state index is 6.23. The smallest absolute Gasteiger partial charge is 0.228 e. The molecule has 1 aromatic heterocycles. The van der Waals surface area contributed by atoms with E-state index in [1.54, 1.807) is 42.6 Å². The van der Waals surface area contributed by atoms with Gasteiger partial charge >= 0.3 is 0 Å². The molecule has 0 unspecified atom stereocenters. The SMILES string of the molecule is Clc1ccc(C=Nc2ccc3oc(-c4cc(Cl)ccc4Cl)nc3c2)c(Cl)c1. The van der Waals surface area contributed by atoms with Gasteiger partial charge in [-0.1, -0.05) is 52.5 Å². The zero-order chi connectivity index (χ0) is 19.0. The standard InChI is InChI=1S/C20H10Cl4N2O/c21-12-3-5-16(23)15(7-12)20-26-18-9-14(4-6-19(18)27-20)25-10-11-1-2-13(22)8-17(11)24/h1-10H. The van der Waals surface area contributed by atoms with Crippen LogP contribution in [0.5, 0.6) is 0 Å². The van der Waals surface area contributed by atoms with Gasteiger partial charge in [-0.25, -0.2) is 4.98 Å².